The SMILES string of the molecule is CC(=O)OCCc1cccc2c(S(=O)(=O)O)cccc12. The molecule has 2 rings (SSSR count). The molecule has 0 aliphatic heterocycles. The lowest BCUT2D eigenvalue weighted by molar-refractivity contribution is -0.140. The van der Waals surface area contributed by atoms with Gasteiger partial charge in [-0.1, -0.05) is 30.3 Å². The van der Waals surface area contributed by atoms with Crippen molar-refractivity contribution in [3.05, 3.63) is 42.0 Å². The van der Waals surface area contributed by atoms with Gasteiger partial charge in [0, 0.05) is 18.7 Å². The van der Waals surface area contributed by atoms with Gasteiger partial charge in [0.25, 0.3) is 10.1 Å². The second-order valence-corrected chi connectivity index (χ2v) is 5.72. The Balaban J connectivity index is 2.46. The van der Waals surface area contributed by atoms with E-state index >= 15 is 0 Å². The van der Waals surface area contributed by atoms with Gasteiger partial charge >= 0.3 is 5.97 Å². The van der Waals surface area contributed by atoms with Crippen molar-refractivity contribution in [1.82, 2.24) is 0 Å². The minimum absolute atomic E-state index is 0.121. The molecule has 0 atom stereocenters. The molecule has 5 nitrogen and oxygen atoms in total. The van der Waals surface area contributed by atoms with Crippen molar-refractivity contribution in [3.63, 3.8) is 0 Å². The average molecular weight is 294 g/mol. The lowest BCUT2D eigenvalue weighted by atomic mass is 10.0. The first-order valence-electron chi connectivity index (χ1n) is 6.01. The molecule has 0 saturated heterocycles. The van der Waals surface area contributed by atoms with Crippen LogP contribution in [0.5, 0.6) is 0 Å². The molecule has 20 heavy (non-hydrogen) atoms. The number of ether oxygens (including phenoxy) is 1. The number of fused-ring (bicyclic) bond motifs is 1. The number of esters is 1. The third-order valence-corrected chi connectivity index (χ3v) is 3.84. The fourth-order valence-electron chi connectivity index (χ4n) is 2.09. The number of rotatable bonds is 4. The van der Waals surface area contributed by atoms with Crippen LogP contribution in [0, 0.1) is 0 Å². The predicted octanol–water partition coefficient (Wildman–Crippen LogP) is 2.19. The summed E-state index contributed by atoms with van der Waals surface area (Å²) in [6, 6.07) is 9.87. The highest BCUT2D eigenvalue weighted by Crippen LogP contribution is 2.25. The normalized spacial score (nSPS) is 11.5. The molecule has 0 saturated carbocycles. The topological polar surface area (TPSA) is 80.7 Å². The molecule has 0 heterocycles. The second-order valence-electron chi connectivity index (χ2n) is 4.33. The van der Waals surface area contributed by atoms with Gasteiger partial charge in [0.15, 0.2) is 0 Å². The van der Waals surface area contributed by atoms with E-state index in [2.05, 4.69) is 0 Å². The number of carbonyl (C=O) groups excluding carboxylic acids is 1. The van der Waals surface area contributed by atoms with Crippen molar-refractivity contribution in [2.24, 2.45) is 0 Å². The van der Waals surface area contributed by atoms with E-state index in [0.717, 1.165) is 10.9 Å². The van der Waals surface area contributed by atoms with Crippen molar-refractivity contribution in [3.8, 4) is 0 Å². The summed E-state index contributed by atoms with van der Waals surface area (Å²) < 4.78 is 36.8. The third-order valence-electron chi connectivity index (χ3n) is 2.93. The Bertz CT molecular complexity index is 749. The Morgan fingerprint density at radius 1 is 1.15 bits per heavy atom. The Hall–Kier alpha value is -1.92. The molecule has 0 aliphatic rings. The predicted molar refractivity (Wildman–Crippen MR) is 74.1 cm³/mol. The fourth-order valence-corrected chi connectivity index (χ4v) is 2.80. The molecular weight excluding hydrogens is 280 g/mol. The van der Waals surface area contributed by atoms with E-state index in [1.54, 1.807) is 24.3 Å². The van der Waals surface area contributed by atoms with E-state index in [9.17, 15) is 17.8 Å². The van der Waals surface area contributed by atoms with E-state index < -0.39 is 10.1 Å². The first-order valence-corrected chi connectivity index (χ1v) is 7.45. The highest BCUT2D eigenvalue weighted by molar-refractivity contribution is 7.86. The van der Waals surface area contributed by atoms with Gasteiger partial charge in [-0.05, 0) is 17.0 Å². The molecule has 6 heteroatoms. The molecule has 2 aromatic rings. The molecule has 0 aromatic heterocycles. The fraction of sp³-hybridized carbons (Fsp3) is 0.214. The molecule has 0 bridgehead atoms. The standard InChI is InChI=1S/C14H14O5S/c1-10(15)19-9-8-11-4-2-6-13-12(11)5-3-7-14(13)20(16,17)18/h2-7H,8-9H2,1H3,(H,16,17,18). The average Bonchev–Trinajstić information content (AvgIpc) is 2.36. The Morgan fingerprint density at radius 2 is 1.80 bits per heavy atom. The molecule has 0 amide bonds. The number of hydrogen-bond acceptors (Lipinski definition) is 4. The first-order chi connectivity index (χ1) is 9.39. The first kappa shape index (κ1) is 14.5. The lowest BCUT2D eigenvalue weighted by Gasteiger charge is -2.09. The largest absolute Gasteiger partial charge is 0.466 e. The molecule has 0 spiro atoms. The van der Waals surface area contributed by atoms with Crippen LogP contribution in [0.1, 0.15) is 12.5 Å². The molecule has 0 aliphatic carbocycles. The molecule has 0 unspecified atom stereocenters. The van der Waals surface area contributed by atoms with Crippen molar-refractivity contribution in [1.29, 1.82) is 0 Å². The van der Waals surface area contributed by atoms with Gasteiger partial charge in [0.05, 0.1) is 6.61 Å². The molecular formula is C14H14O5S. The zero-order valence-electron chi connectivity index (χ0n) is 10.9. The van der Waals surface area contributed by atoms with E-state index in [1.807, 2.05) is 6.07 Å². The molecule has 2 aromatic carbocycles. The summed E-state index contributed by atoms with van der Waals surface area (Å²) in [6.07, 6.45) is 0.478. The maximum Gasteiger partial charge on any atom is 0.302 e. The van der Waals surface area contributed by atoms with Crippen LogP contribution in [0.4, 0.5) is 0 Å². The molecule has 0 fully saturated rings. The summed E-state index contributed by atoms with van der Waals surface area (Å²) in [7, 11) is -4.27. The summed E-state index contributed by atoms with van der Waals surface area (Å²) in [5.74, 6) is -0.358. The Morgan fingerprint density at radius 3 is 2.45 bits per heavy atom. The van der Waals surface area contributed by atoms with E-state index in [0.29, 0.717) is 11.8 Å². The van der Waals surface area contributed by atoms with Gasteiger partial charge in [-0.2, -0.15) is 8.42 Å². The van der Waals surface area contributed by atoms with E-state index in [1.165, 1.54) is 13.0 Å². The van der Waals surface area contributed by atoms with Crippen LogP contribution in [-0.4, -0.2) is 25.5 Å². The van der Waals surface area contributed by atoms with Crippen LogP contribution in [0.15, 0.2) is 41.3 Å². The van der Waals surface area contributed by atoms with Crippen LogP contribution in [0.25, 0.3) is 10.8 Å². The summed E-state index contributed by atoms with van der Waals surface area (Å²) >= 11 is 0. The minimum Gasteiger partial charge on any atom is -0.466 e. The second kappa shape index (κ2) is 5.60. The maximum atomic E-state index is 11.3. The van der Waals surface area contributed by atoms with Crippen molar-refractivity contribution >= 4 is 26.9 Å². The van der Waals surface area contributed by atoms with Gasteiger partial charge in [-0.3, -0.25) is 9.35 Å². The van der Waals surface area contributed by atoms with Gasteiger partial charge in [0.2, 0.25) is 0 Å². The number of hydrogen-bond donors (Lipinski definition) is 1. The summed E-state index contributed by atoms with van der Waals surface area (Å²) in [5, 5.41) is 1.17. The zero-order valence-corrected chi connectivity index (χ0v) is 11.7. The molecule has 106 valence electrons. The van der Waals surface area contributed by atoms with Gasteiger partial charge in [-0.25, -0.2) is 0 Å². The number of carbonyl (C=O) groups is 1. The smallest absolute Gasteiger partial charge is 0.302 e. The minimum atomic E-state index is -4.27. The van der Waals surface area contributed by atoms with Crippen LogP contribution < -0.4 is 0 Å². The lowest BCUT2D eigenvalue weighted by Crippen LogP contribution is -2.04. The van der Waals surface area contributed by atoms with Gasteiger partial charge < -0.3 is 4.74 Å². The van der Waals surface area contributed by atoms with E-state index in [4.69, 9.17) is 4.74 Å². The molecule has 0 radical (unpaired) electrons. The van der Waals surface area contributed by atoms with Crippen LogP contribution >= 0.6 is 0 Å². The van der Waals surface area contributed by atoms with Crippen molar-refractivity contribution in [2.45, 2.75) is 18.2 Å². The van der Waals surface area contributed by atoms with Crippen LogP contribution in [-0.2, 0) is 26.1 Å². The third kappa shape index (κ3) is 3.15. The Labute approximate surface area is 116 Å². The van der Waals surface area contributed by atoms with Crippen LogP contribution in [0.3, 0.4) is 0 Å². The van der Waals surface area contributed by atoms with Crippen molar-refractivity contribution < 1.29 is 22.5 Å². The summed E-state index contributed by atoms with van der Waals surface area (Å²) in [6.45, 7) is 1.56. The van der Waals surface area contributed by atoms with Gasteiger partial charge in [-0.15, -0.1) is 0 Å². The van der Waals surface area contributed by atoms with Crippen LogP contribution in [0.2, 0.25) is 0 Å². The quantitative estimate of drug-likeness (QED) is 0.690. The van der Waals surface area contributed by atoms with E-state index in [-0.39, 0.29) is 17.5 Å². The maximum absolute atomic E-state index is 11.3. The van der Waals surface area contributed by atoms with Crippen molar-refractivity contribution in [2.75, 3.05) is 6.61 Å². The highest BCUT2D eigenvalue weighted by atomic mass is 32.2. The number of benzene rings is 2. The zero-order chi connectivity index (χ0) is 14.8. The Kier molecular flexibility index (Phi) is 4.06. The summed E-state index contributed by atoms with van der Waals surface area (Å²) in [5.41, 5.74) is 0.856. The monoisotopic (exact) mass is 294 g/mol. The molecule has 1 N–H and O–H groups in total. The summed E-state index contributed by atoms with van der Waals surface area (Å²) in [4.78, 5) is 10.6. The van der Waals surface area contributed by atoms with Gasteiger partial charge in [0.1, 0.15) is 4.90 Å². The highest BCUT2D eigenvalue weighted by Gasteiger charge is 2.14.